The van der Waals surface area contributed by atoms with Crippen molar-refractivity contribution in [1.29, 1.82) is 0 Å². The van der Waals surface area contributed by atoms with Crippen LogP contribution in [0.1, 0.15) is 20.8 Å². The maximum Gasteiger partial charge on any atom is 0.680 e. The Bertz CT molecular complexity index is 2090. The van der Waals surface area contributed by atoms with Crippen LogP contribution in [0.3, 0.4) is 0 Å². The molecule has 0 unspecified atom stereocenters. The highest BCUT2D eigenvalue weighted by Gasteiger charge is 2.64. The molecule has 0 aromatic carbocycles. The Morgan fingerprint density at radius 2 is 0.396 bits per heavy atom. The molecule has 0 radical (unpaired) electrons. The van der Waals surface area contributed by atoms with Gasteiger partial charge in [-0.3, -0.25) is 0 Å². The summed E-state index contributed by atoms with van der Waals surface area (Å²) in [5.41, 5.74) is 0. The van der Waals surface area contributed by atoms with Crippen molar-refractivity contribution in [3.8, 4) is 0 Å². The third-order valence-electron chi connectivity index (χ3n) is 9.44. The van der Waals surface area contributed by atoms with Crippen LogP contribution in [0.5, 0.6) is 0 Å². The van der Waals surface area contributed by atoms with Crippen molar-refractivity contribution in [2.24, 2.45) is 0 Å². The standard InChI is InChI=1S/C10H13F11O4Si.C8H10F10O4Si.C7H9F9O4Si.C6H10F6O4Si.C6H16O3Si.C4H12O4Si/c1-2-22-26(25-5-10(19,20)21,23-3-8(15,16)6(11)12)24-4-9(17,18)7(13)14;1-19-23(20-2,21-3-5(9,10)7(13,14)15)22-4-6(11,12)8(16,17)18;1-17-21(18-2-5(8,9)10,19-3-6(11,12)13)20-4-7(14,15)16;1-13-17(14-2,15-3-5(7,8)9)16-4-6(10,11)12;1-5-8-10(4,7-3)9-6-2;1-5-9(6-2,7-3)8-4/h6-7H,2-5H2,1H3;3-4H2,1-2H3;2-4H2,1H3;3-4H2,1-2H3;5-6H2,1-4H3;1-4H3. The number of halogens is 36. The first-order valence-electron chi connectivity index (χ1n) is 26.7. The van der Waals surface area contributed by atoms with E-state index in [9.17, 15) is 158 Å². The van der Waals surface area contributed by atoms with Crippen LogP contribution in [0.25, 0.3) is 0 Å². The Kier molecular flexibility index (Phi) is 52.8. The predicted molar refractivity (Wildman–Crippen MR) is 285 cm³/mol. The molecule has 106 heavy (non-hydrogen) atoms. The van der Waals surface area contributed by atoms with Gasteiger partial charge in [-0.25, -0.2) is 17.6 Å². The normalized spacial score (nSPS) is 14.2. The summed E-state index contributed by atoms with van der Waals surface area (Å²) in [5.74, 6) is -20.7. The van der Waals surface area contributed by atoms with Crippen LogP contribution >= 0.6 is 0 Å². The molecule has 0 aliphatic heterocycles. The zero-order valence-electron chi connectivity index (χ0n) is 56.3. The van der Waals surface area contributed by atoms with Gasteiger partial charge in [-0.05, 0) is 20.8 Å². The van der Waals surface area contributed by atoms with Crippen LogP contribution in [-0.4, -0.2) is 297 Å². The fourth-order valence-electron chi connectivity index (χ4n) is 4.67. The van der Waals surface area contributed by atoms with Crippen LogP contribution in [-0.2, 0) is 102 Å². The Hall–Kier alpha value is -2.14. The van der Waals surface area contributed by atoms with Gasteiger partial charge in [-0.15, -0.1) is 0 Å². The van der Waals surface area contributed by atoms with Crippen molar-refractivity contribution in [1.82, 2.24) is 0 Å². The van der Waals surface area contributed by atoms with Gasteiger partial charge in [-0.1, -0.05) is 0 Å². The second kappa shape index (κ2) is 48.8. The van der Waals surface area contributed by atoms with Gasteiger partial charge in [0.05, 0.1) is 0 Å². The van der Waals surface area contributed by atoms with E-state index < -0.39 is 213 Å². The van der Waals surface area contributed by atoms with Gasteiger partial charge < -0.3 is 102 Å². The summed E-state index contributed by atoms with van der Waals surface area (Å²) < 4.78 is 538. The van der Waals surface area contributed by atoms with E-state index in [1.807, 2.05) is 20.4 Å². The van der Waals surface area contributed by atoms with E-state index in [-0.39, 0.29) is 0 Å². The lowest BCUT2D eigenvalue weighted by molar-refractivity contribution is -0.301. The number of hydrogen-bond donors (Lipinski definition) is 0. The molecule has 0 bridgehead atoms. The monoisotopic (exact) mass is 1780 g/mol. The SMILES string of the molecule is CCO[Si](C)(OC)OCC.CCO[Si](OCC(F)(F)F)(OCC(F)(F)C(F)F)OCC(F)(F)C(F)F.CO[Si](OC)(OC)OC.CO[Si](OC)(OCC(F)(F)C(F)(F)F)OCC(F)(F)C(F)(F)F.CO[Si](OC)(OCC(F)(F)F)OCC(F)(F)F.CO[Si](OCC(F)(F)F)(OCC(F)(F)F)OCC(F)(F)F. The molecule has 0 aliphatic rings. The van der Waals surface area contributed by atoms with Gasteiger partial charge in [0.1, 0.15) is 66.1 Å². The summed E-state index contributed by atoms with van der Waals surface area (Å²) in [6.45, 7) is -14.7. The molecule has 0 N–H and O–H groups in total. The van der Waals surface area contributed by atoms with Crippen molar-refractivity contribution in [2.75, 3.05) is 157 Å². The third kappa shape index (κ3) is 53.0. The van der Waals surface area contributed by atoms with E-state index in [4.69, 9.17) is 31.0 Å². The topological polar surface area (TPSA) is 212 Å². The number of rotatable bonds is 42. The summed E-state index contributed by atoms with van der Waals surface area (Å²) in [4.78, 5) is 0. The molecule has 0 spiro atoms. The Balaban J connectivity index is -0.000000292. The summed E-state index contributed by atoms with van der Waals surface area (Å²) in [5, 5.41) is 0. The lowest BCUT2D eigenvalue weighted by atomic mass is 10.3. The van der Waals surface area contributed by atoms with Gasteiger partial charge in [0.15, 0.2) is 0 Å². The van der Waals surface area contributed by atoms with Crippen LogP contribution in [0.2, 0.25) is 6.55 Å². The second-order valence-electron chi connectivity index (χ2n) is 17.8. The minimum Gasteiger partial charge on any atom is -0.377 e. The van der Waals surface area contributed by atoms with Crippen LogP contribution in [0.4, 0.5) is 158 Å². The number of hydrogen-bond acceptors (Lipinski definition) is 23. The fraction of sp³-hybridized carbons (Fsp3) is 1.00. The quantitative estimate of drug-likeness (QED) is 0.0410. The lowest BCUT2D eigenvalue weighted by Gasteiger charge is -2.30. The zero-order valence-corrected chi connectivity index (χ0v) is 62.3. The molecule has 0 rings (SSSR count). The molecule has 0 aliphatic carbocycles. The Morgan fingerprint density at radius 1 is 0.217 bits per heavy atom. The van der Waals surface area contributed by atoms with Crippen LogP contribution in [0.15, 0.2) is 0 Å². The molecule has 648 valence electrons. The summed E-state index contributed by atoms with van der Waals surface area (Å²) >= 11 is 0. The molecule has 0 amide bonds. The largest absolute Gasteiger partial charge is 0.680 e. The van der Waals surface area contributed by atoms with Crippen molar-refractivity contribution in [2.45, 2.75) is 113 Å². The van der Waals surface area contributed by atoms with E-state index in [0.29, 0.717) is 34.5 Å². The summed E-state index contributed by atoms with van der Waals surface area (Å²) in [6.07, 6.45) is -50.5. The first-order chi connectivity index (χ1) is 47.2. The molecule has 0 atom stereocenters. The Labute approximate surface area is 583 Å². The smallest absolute Gasteiger partial charge is 0.377 e. The predicted octanol–water partition coefficient (Wildman–Crippen LogP) is 13.0. The zero-order chi connectivity index (χ0) is 85.6. The minimum absolute atomic E-state index is 0.509. The van der Waals surface area contributed by atoms with Crippen LogP contribution < -0.4 is 0 Å². The average molecular weight is 1780 g/mol. The van der Waals surface area contributed by atoms with Crippen molar-refractivity contribution < 1.29 is 260 Å². The first kappa shape index (κ1) is 115. The molecular formula is C41H70F36O23Si6. The highest BCUT2D eigenvalue weighted by molar-refractivity contribution is 6.59. The second-order valence-corrected chi connectivity index (χ2v) is 32.4. The maximum absolute atomic E-state index is 12.9. The van der Waals surface area contributed by atoms with E-state index >= 15 is 0 Å². The molecule has 0 aromatic heterocycles. The average Bonchev–Trinajstić information content (AvgIpc) is 0.811. The highest BCUT2D eigenvalue weighted by Crippen LogP contribution is 2.39. The Morgan fingerprint density at radius 3 is 0.547 bits per heavy atom. The molecule has 0 fully saturated rings. The number of alkyl halides is 36. The highest BCUT2D eigenvalue weighted by atomic mass is 28.4. The molecule has 0 heterocycles. The fourth-order valence-corrected chi connectivity index (χ4v) is 13.4. The van der Waals surface area contributed by atoms with Crippen molar-refractivity contribution >= 4 is 54.0 Å². The van der Waals surface area contributed by atoms with Gasteiger partial charge >= 0.3 is 140 Å². The third-order valence-corrected chi connectivity index (χ3v) is 21.9. The molecule has 0 aromatic rings. The van der Waals surface area contributed by atoms with Gasteiger partial charge in [-0.2, -0.15) is 140 Å². The lowest BCUT2D eigenvalue weighted by Crippen LogP contribution is -2.55. The molecule has 23 nitrogen and oxygen atoms in total. The van der Waals surface area contributed by atoms with E-state index in [1.165, 1.54) is 28.4 Å². The van der Waals surface area contributed by atoms with Gasteiger partial charge in [0, 0.05) is 97.5 Å². The molecular weight excluding hydrogens is 1710 g/mol. The summed E-state index contributed by atoms with van der Waals surface area (Å²) in [7, 11) is -14.4. The molecule has 65 heteroatoms. The minimum atomic E-state index is -6.05. The first-order valence-corrected chi connectivity index (χ1v) is 37.1. The van der Waals surface area contributed by atoms with E-state index in [0.717, 1.165) is 21.1 Å². The summed E-state index contributed by atoms with van der Waals surface area (Å²) in [6, 6.07) is 0. The van der Waals surface area contributed by atoms with E-state index in [1.54, 1.807) is 7.11 Å². The van der Waals surface area contributed by atoms with Gasteiger partial charge in [0.25, 0.3) is 0 Å². The van der Waals surface area contributed by atoms with Crippen molar-refractivity contribution in [3.05, 3.63) is 0 Å². The van der Waals surface area contributed by atoms with Gasteiger partial charge in [0.2, 0.25) is 0 Å². The molecule has 0 saturated carbocycles. The maximum atomic E-state index is 12.9. The van der Waals surface area contributed by atoms with Crippen molar-refractivity contribution in [3.63, 3.8) is 0 Å². The van der Waals surface area contributed by atoms with E-state index in [2.05, 4.69) is 70.8 Å². The van der Waals surface area contributed by atoms with Crippen LogP contribution in [0, 0.1) is 0 Å². The molecule has 0 saturated heterocycles.